The average Bonchev–Trinajstić information content (AvgIpc) is 2.89. The van der Waals surface area contributed by atoms with Gasteiger partial charge in [0.2, 0.25) is 0 Å². The van der Waals surface area contributed by atoms with Crippen molar-refractivity contribution in [1.29, 1.82) is 0 Å². The Bertz CT molecular complexity index is 519. The molecule has 0 spiro atoms. The fourth-order valence-electron chi connectivity index (χ4n) is 1.75. The molecule has 1 heterocycles. The van der Waals surface area contributed by atoms with Crippen molar-refractivity contribution < 1.29 is 19.4 Å². The van der Waals surface area contributed by atoms with Crippen LogP contribution in [0.5, 0.6) is 5.75 Å². The van der Waals surface area contributed by atoms with E-state index in [2.05, 4.69) is 5.32 Å². The molecular formula is C14H15NO4. The SMILES string of the molecule is O=C(O)C(Cc1ccc(O)cc1)NCc1ccco1. The number of furan rings is 1. The molecular weight excluding hydrogens is 246 g/mol. The van der Waals surface area contributed by atoms with Crippen molar-refractivity contribution in [2.24, 2.45) is 0 Å². The summed E-state index contributed by atoms with van der Waals surface area (Å²) in [4.78, 5) is 11.2. The molecule has 0 bridgehead atoms. The quantitative estimate of drug-likeness (QED) is 0.738. The van der Waals surface area contributed by atoms with Crippen LogP contribution in [0, 0.1) is 0 Å². The molecule has 0 saturated heterocycles. The van der Waals surface area contributed by atoms with Gasteiger partial charge in [-0.1, -0.05) is 12.1 Å². The van der Waals surface area contributed by atoms with Gasteiger partial charge in [0.05, 0.1) is 12.8 Å². The molecule has 1 aromatic carbocycles. The molecule has 1 aromatic heterocycles. The molecule has 0 aliphatic rings. The van der Waals surface area contributed by atoms with Gasteiger partial charge in [0.15, 0.2) is 0 Å². The molecule has 5 nitrogen and oxygen atoms in total. The second kappa shape index (κ2) is 6.06. The molecule has 2 rings (SSSR count). The van der Waals surface area contributed by atoms with Crippen LogP contribution in [0.1, 0.15) is 11.3 Å². The number of rotatable bonds is 6. The van der Waals surface area contributed by atoms with Gasteiger partial charge in [-0.05, 0) is 36.2 Å². The third-order valence-electron chi connectivity index (χ3n) is 2.78. The molecule has 1 atom stereocenters. The van der Waals surface area contributed by atoms with Gasteiger partial charge in [-0.2, -0.15) is 0 Å². The summed E-state index contributed by atoms with van der Waals surface area (Å²) in [6.45, 7) is 0.363. The van der Waals surface area contributed by atoms with Crippen molar-refractivity contribution in [3.8, 4) is 5.75 Å². The zero-order valence-corrected chi connectivity index (χ0v) is 10.2. The van der Waals surface area contributed by atoms with Crippen molar-refractivity contribution in [1.82, 2.24) is 5.32 Å². The van der Waals surface area contributed by atoms with E-state index in [0.717, 1.165) is 5.56 Å². The lowest BCUT2D eigenvalue weighted by Gasteiger charge is -2.13. The highest BCUT2D eigenvalue weighted by atomic mass is 16.4. The number of phenolic OH excluding ortho intramolecular Hbond substituents is 1. The number of carboxylic acids is 1. The van der Waals surface area contributed by atoms with Crippen molar-refractivity contribution in [3.63, 3.8) is 0 Å². The van der Waals surface area contributed by atoms with Gasteiger partial charge in [-0.15, -0.1) is 0 Å². The molecule has 5 heteroatoms. The summed E-state index contributed by atoms with van der Waals surface area (Å²) in [5.74, 6) is -0.0595. The van der Waals surface area contributed by atoms with Gasteiger partial charge in [0.25, 0.3) is 0 Å². The lowest BCUT2D eigenvalue weighted by Crippen LogP contribution is -2.37. The molecule has 100 valence electrons. The summed E-state index contributed by atoms with van der Waals surface area (Å²) in [6.07, 6.45) is 1.89. The maximum absolute atomic E-state index is 11.2. The van der Waals surface area contributed by atoms with Crippen LogP contribution >= 0.6 is 0 Å². The first-order valence-corrected chi connectivity index (χ1v) is 5.91. The van der Waals surface area contributed by atoms with Gasteiger partial charge < -0.3 is 14.6 Å². The summed E-state index contributed by atoms with van der Waals surface area (Å²) < 4.78 is 5.14. The fraction of sp³-hybridized carbons (Fsp3) is 0.214. The topological polar surface area (TPSA) is 82.7 Å². The van der Waals surface area contributed by atoms with Gasteiger partial charge >= 0.3 is 5.97 Å². The number of hydrogen-bond acceptors (Lipinski definition) is 4. The Morgan fingerprint density at radius 2 is 2.00 bits per heavy atom. The minimum Gasteiger partial charge on any atom is -0.508 e. The van der Waals surface area contributed by atoms with Crippen LogP contribution in [0.25, 0.3) is 0 Å². The van der Waals surface area contributed by atoms with E-state index in [1.807, 2.05) is 0 Å². The Balaban J connectivity index is 1.96. The molecule has 0 amide bonds. The Labute approximate surface area is 110 Å². The maximum atomic E-state index is 11.2. The standard InChI is InChI=1S/C14H15NO4/c16-11-5-3-10(4-6-11)8-13(14(17)18)15-9-12-2-1-7-19-12/h1-7,13,15-16H,8-9H2,(H,17,18). The van der Waals surface area contributed by atoms with Crippen molar-refractivity contribution in [3.05, 3.63) is 54.0 Å². The first kappa shape index (κ1) is 13.2. The highest BCUT2D eigenvalue weighted by molar-refractivity contribution is 5.73. The minimum absolute atomic E-state index is 0.166. The third-order valence-corrected chi connectivity index (χ3v) is 2.78. The molecule has 3 N–H and O–H groups in total. The summed E-state index contributed by atoms with van der Waals surface area (Å²) in [5, 5.41) is 21.3. The zero-order valence-electron chi connectivity index (χ0n) is 10.2. The van der Waals surface area contributed by atoms with Crippen LogP contribution in [0.2, 0.25) is 0 Å². The predicted molar refractivity (Wildman–Crippen MR) is 68.8 cm³/mol. The Morgan fingerprint density at radius 3 is 2.58 bits per heavy atom. The lowest BCUT2D eigenvalue weighted by atomic mass is 10.1. The molecule has 0 fully saturated rings. The van der Waals surface area contributed by atoms with Crippen LogP contribution < -0.4 is 5.32 Å². The van der Waals surface area contributed by atoms with Gasteiger partial charge in [0.1, 0.15) is 17.6 Å². The van der Waals surface area contributed by atoms with E-state index in [1.54, 1.807) is 42.7 Å². The highest BCUT2D eigenvalue weighted by Gasteiger charge is 2.17. The van der Waals surface area contributed by atoms with Gasteiger partial charge in [-0.25, -0.2) is 0 Å². The van der Waals surface area contributed by atoms with E-state index >= 15 is 0 Å². The number of aliphatic carboxylic acids is 1. The predicted octanol–water partition coefficient (Wildman–Crippen LogP) is 1.77. The third kappa shape index (κ3) is 3.86. The minimum atomic E-state index is -0.917. The van der Waals surface area contributed by atoms with E-state index in [-0.39, 0.29) is 5.75 Å². The van der Waals surface area contributed by atoms with Crippen molar-refractivity contribution >= 4 is 5.97 Å². The average molecular weight is 261 g/mol. The monoisotopic (exact) mass is 261 g/mol. The van der Waals surface area contributed by atoms with E-state index in [4.69, 9.17) is 4.42 Å². The Kier molecular flexibility index (Phi) is 4.20. The van der Waals surface area contributed by atoms with Crippen LogP contribution in [0.15, 0.2) is 47.1 Å². The van der Waals surface area contributed by atoms with Crippen LogP contribution in [0.3, 0.4) is 0 Å². The van der Waals surface area contributed by atoms with E-state index in [9.17, 15) is 15.0 Å². The molecule has 2 aromatic rings. The van der Waals surface area contributed by atoms with Gasteiger partial charge in [-0.3, -0.25) is 10.1 Å². The number of benzene rings is 1. The number of hydrogen-bond donors (Lipinski definition) is 3. The summed E-state index contributed by atoms with van der Waals surface area (Å²) in [7, 11) is 0. The van der Waals surface area contributed by atoms with E-state index in [1.165, 1.54) is 0 Å². The number of nitrogens with one attached hydrogen (secondary N) is 1. The van der Waals surface area contributed by atoms with E-state index in [0.29, 0.717) is 18.7 Å². The van der Waals surface area contributed by atoms with Crippen LogP contribution in [-0.4, -0.2) is 22.2 Å². The Morgan fingerprint density at radius 1 is 1.26 bits per heavy atom. The van der Waals surface area contributed by atoms with Crippen molar-refractivity contribution in [2.75, 3.05) is 0 Å². The number of carboxylic acid groups (broad SMARTS) is 1. The van der Waals surface area contributed by atoms with Crippen LogP contribution in [0.4, 0.5) is 0 Å². The highest BCUT2D eigenvalue weighted by Crippen LogP contribution is 2.11. The number of phenols is 1. The second-order valence-electron chi connectivity index (χ2n) is 4.22. The fourth-order valence-corrected chi connectivity index (χ4v) is 1.75. The molecule has 0 saturated carbocycles. The second-order valence-corrected chi connectivity index (χ2v) is 4.22. The number of carbonyl (C=O) groups is 1. The molecule has 1 unspecified atom stereocenters. The van der Waals surface area contributed by atoms with Crippen molar-refractivity contribution in [2.45, 2.75) is 19.0 Å². The molecule has 0 aliphatic heterocycles. The Hall–Kier alpha value is -2.27. The molecule has 0 radical (unpaired) electrons. The van der Waals surface area contributed by atoms with Gasteiger partial charge in [0, 0.05) is 0 Å². The molecule has 0 aliphatic carbocycles. The smallest absolute Gasteiger partial charge is 0.321 e. The van der Waals surface area contributed by atoms with E-state index < -0.39 is 12.0 Å². The first-order chi connectivity index (χ1) is 9.15. The number of aromatic hydroxyl groups is 1. The zero-order chi connectivity index (χ0) is 13.7. The van der Waals surface area contributed by atoms with Crippen LogP contribution in [-0.2, 0) is 17.8 Å². The summed E-state index contributed by atoms with van der Waals surface area (Å²) >= 11 is 0. The summed E-state index contributed by atoms with van der Waals surface area (Å²) in [5.41, 5.74) is 0.845. The maximum Gasteiger partial charge on any atom is 0.321 e. The normalized spacial score (nSPS) is 12.2. The lowest BCUT2D eigenvalue weighted by molar-refractivity contribution is -0.139. The first-order valence-electron chi connectivity index (χ1n) is 5.91. The summed E-state index contributed by atoms with van der Waals surface area (Å²) in [6, 6.07) is 9.34. The largest absolute Gasteiger partial charge is 0.508 e. The molecule has 19 heavy (non-hydrogen) atoms.